The zero-order valence-corrected chi connectivity index (χ0v) is 16.1. The van der Waals surface area contributed by atoms with Crippen molar-refractivity contribution in [3.8, 4) is 17.1 Å². The molecular formula is C21H21N3O5. The molecule has 8 heteroatoms. The van der Waals surface area contributed by atoms with E-state index < -0.39 is 4.92 Å². The fraction of sp³-hybridized carbons (Fsp3) is 0.238. The van der Waals surface area contributed by atoms with Gasteiger partial charge in [-0.25, -0.2) is 4.98 Å². The maximum atomic E-state index is 12.1. The number of nitrogens with zero attached hydrogens (tertiary/aromatic N) is 2. The first-order valence-corrected chi connectivity index (χ1v) is 9.16. The molecule has 3 aromatic rings. The number of aryl methyl sites for hydroxylation is 1. The Morgan fingerprint density at radius 2 is 1.97 bits per heavy atom. The molecule has 0 spiro atoms. The number of rotatable bonds is 7. The largest absolute Gasteiger partial charge is 0.506 e. The van der Waals surface area contributed by atoms with Gasteiger partial charge >= 0.3 is 0 Å². The van der Waals surface area contributed by atoms with Crippen LogP contribution < -0.4 is 5.32 Å². The van der Waals surface area contributed by atoms with Crippen LogP contribution in [0.25, 0.3) is 11.3 Å². The number of non-ortho nitro benzene ring substituents is 1. The minimum atomic E-state index is -0.623. The number of carbonyl (C=O) groups excluding carboxylic acids is 1. The van der Waals surface area contributed by atoms with E-state index in [0.29, 0.717) is 17.6 Å². The molecule has 150 valence electrons. The van der Waals surface area contributed by atoms with E-state index in [1.165, 1.54) is 17.7 Å². The van der Waals surface area contributed by atoms with Gasteiger partial charge in [0.05, 0.1) is 22.9 Å². The number of oxazole rings is 1. The first-order valence-electron chi connectivity index (χ1n) is 9.16. The van der Waals surface area contributed by atoms with Crippen LogP contribution in [-0.2, 0) is 11.2 Å². The molecule has 0 aliphatic carbocycles. The standard InChI is InChI=1S/C21H21N3O5/c1-13(2)14-3-5-15(6-4-14)19-12-22-21(29-19)10-9-20(26)23-17-8-7-16(24(27)28)11-18(17)25/h3-8,11-13,25H,9-10H2,1-2H3,(H,23,26). The molecule has 0 bridgehead atoms. The molecule has 3 rings (SSSR count). The Morgan fingerprint density at radius 3 is 2.59 bits per heavy atom. The van der Waals surface area contributed by atoms with Crippen molar-refractivity contribution >= 4 is 17.3 Å². The highest BCUT2D eigenvalue weighted by molar-refractivity contribution is 5.92. The normalized spacial score (nSPS) is 10.9. The first-order chi connectivity index (χ1) is 13.8. The van der Waals surface area contributed by atoms with E-state index >= 15 is 0 Å². The maximum absolute atomic E-state index is 12.1. The Kier molecular flexibility index (Phi) is 5.92. The summed E-state index contributed by atoms with van der Waals surface area (Å²) in [6.07, 6.45) is 1.99. The summed E-state index contributed by atoms with van der Waals surface area (Å²) in [4.78, 5) is 26.4. The smallest absolute Gasteiger partial charge is 0.273 e. The highest BCUT2D eigenvalue weighted by atomic mass is 16.6. The van der Waals surface area contributed by atoms with Crippen LogP contribution in [0, 0.1) is 10.1 Å². The van der Waals surface area contributed by atoms with E-state index in [1.807, 2.05) is 24.3 Å². The van der Waals surface area contributed by atoms with Crippen molar-refractivity contribution in [2.75, 3.05) is 5.32 Å². The van der Waals surface area contributed by atoms with Crippen molar-refractivity contribution in [2.24, 2.45) is 0 Å². The summed E-state index contributed by atoms with van der Waals surface area (Å²) in [5, 5.41) is 23.0. The fourth-order valence-electron chi connectivity index (χ4n) is 2.76. The zero-order chi connectivity index (χ0) is 21.0. The molecule has 1 amide bonds. The molecule has 0 aliphatic rings. The second-order valence-electron chi connectivity index (χ2n) is 6.90. The van der Waals surface area contributed by atoms with Crippen LogP contribution in [0.2, 0.25) is 0 Å². The number of hydrogen-bond acceptors (Lipinski definition) is 6. The molecule has 2 aromatic carbocycles. The first kappa shape index (κ1) is 20.1. The van der Waals surface area contributed by atoms with Gasteiger partial charge in [-0.2, -0.15) is 0 Å². The van der Waals surface area contributed by atoms with Crippen LogP contribution in [0.4, 0.5) is 11.4 Å². The summed E-state index contributed by atoms with van der Waals surface area (Å²) >= 11 is 0. The van der Waals surface area contributed by atoms with E-state index in [-0.39, 0.29) is 35.9 Å². The van der Waals surface area contributed by atoms with Crippen molar-refractivity contribution in [2.45, 2.75) is 32.6 Å². The Balaban J connectivity index is 1.58. The molecule has 0 aliphatic heterocycles. The van der Waals surface area contributed by atoms with Crippen molar-refractivity contribution < 1.29 is 19.2 Å². The number of phenolic OH excluding ortho intramolecular Hbond substituents is 1. The van der Waals surface area contributed by atoms with Gasteiger partial charge in [0.25, 0.3) is 5.69 Å². The van der Waals surface area contributed by atoms with Crippen LogP contribution in [0.3, 0.4) is 0 Å². The number of benzene rings is 2. The third kappa shape index (κ3) is 4.98. The summed E-state index contributed by atoms with van der Waals surface area (Å²) in [5.74, 6) is 0.772. The minimum absolute atomic E-state index is 0.0860. The predicted molar refractivity (Wildman–Crippen MR) is 108 cm³/mol. The molecular weight excluding hydrogens is 374 g/mol. The van der Waals surface area contributed by atoms with Gasteiger partial charge in [-0.15, -0.1) is 0 Å². The van der Waals surface area contributed by atoms with Gasteiger partial charge in [0.1, 0.15) is 5.75 Å². The molecule has 0 atom stereocenters. The number of phenols is 1. The van der Waals surface area contributed by atoms with Gasteiger partial charge in [0.15, 0.2) is 11.7 Å². The molecule has 0 radical (unpaired) electrons. The van der Waals surface area contributed by atoms with Gasteiger partial charge in [-0.3, -0.25) is 14.9 Å². The van der Waals surface area contributed by atoms with Crippen LogP contribution in [-0.4, -0.2) is 20.9 Å². The van der Waals surface area contributed by atoms with Gasteiger partial charge in [0.2, 0.25) is 5.91 Å². The summed E-state index contributed by atoms with van der Waals surface area (Å²) in [6, 6.07) is 11.5. The number of aromatic nitrogens is 1. The number of nitro benzene ring substituents is 1. The third-order valence-corrected chi connectivity index (χ3v) is 4.45. The Bertz CT molecular complexity index is 1030. The highest BCUT2D eigenvalue weighted by Gasteiger charge is 2.13. The Labute approximate surface area is 167 Å². The SMILES string of the molecule is CC(C)c1ccc(-c2cnc(CCC(=O)Nc3ccc([N+](=O)[O-])cc3O)o2)cc1. The van der Waals surface area contributed by atoms with Crippen LogP contribution in [0.15, 0.2) is 53.1 Å². The Morgan fingerprint density at radius 1 is 1.24 bits per heavy atom. The number of amides is 1. The Hall–Kier alpha value is -3.68. The van der Waals surface area contributed by atoms with Gasteiger partial charge in [-0.05, 0) is 17.5 Å². The molecule has 8 nitrogen and oxygen atoms in total. The fourth-order valence-corrected chi connectivity index (χ4v) is 2.76. The molecule has 0 saturated heterocycles. The molecule has 2 N–H and O–H groups in total. The quantitative estimate of drug-likeness (QED) is 0.341. The van der Waals surface area contributed by atoms with Crippen LogP contribution in [0.5, 0.6) is 5.75 Å². The summed E-state index contributed by atoms with van der Waals surface area (Å²) in [6.45, 7) is 4.26. The lowest BCUT2D eigenvalue weighted by atomic mass is 10.0. The van der Waals surface area contributed by atoms with Gasteiger partial charge in [-0.1, -0.05) is 38.1 Å². The summed E-state index contributed by atoms with van der Waals surface area (Å²) in [7, 11) is 0. The van der Waals surface area contributed by atoms with E-state index in [4.69, 9.17) is 4.42 Å². The monoisotopic (exact) mass is 395 g/mol. The van der Waals surface area contributed by atoms with E-state index in [1.54, 1.807) is 6.20 Å². The van der Waals surface area contributed by atoms with Crippen molar-refractivity contribution in [3.63, 3.8) is 0 Å². The second-order valence-corrected chi connectivity index (χ2v) is 6.90. The summed E-state index contributed by atoms with van der Waals surface area (Å²) < 4.78 is 5.72. The molecule has 1 aromatic heterocycles. The van der Waals surface area contributed by atoms with Crippen LogP contribution in [0.1, 0.15) is 37.6 Å². The van der Waals surface area contributed by atoms with E-state index in [2.05, 4.69) is 24.1 Å². The lowest BCUT2D eigenvalue weighted by molar-refractivity contribution is -0.384. The van der Waals surface area contributed by atoms with Gasteiger partial charge < -0.3 is 14.8 Å². The highest BCUT2D eigenvalue weighted by Crippen LogP contribution is 2.28. The molecule has 0 saturated carbocycles. The number of nitrogens with one attached hydrogen (secondary N) is 1. The molecule has 0 unspecified atom stereocenters. The molecule has 0 fully saturated rings. The second kappa shape index (κ2) is 8.55. The number of nitro groups is 1. The molecule has 29 heavy (non-hydrogen) atoms. The third-order valence-electron chi connectivity index (χ3n) is 4.45. The number of hydrogen-bond donors (Lipinski definition) is 2. The lowest BCUT2D eigenvalue weighted by Gasteiger charge is -2.06. The minimum Gasteiger partial charge on any atom is -0.506 e. The zero-order valence-electron chi connectivity index (χ0n) is 16.1. The predicted octanol–water partition coefficient (Wildman–Crippen LogP) is 4.65. The van der Waals surface area contributed by atoms with Crippen molar-refractivity contribution in [3.05, 3.63) is 70.2 Å². The average molecular weight is 395 g/mol. The van der Waals surface area contributed by atoms with Gasteiger partial charge in [0, 0.05) is 24.5 Å². The number of aromatic hydroxyl groups is 1. The van der Waals surface area contributed by atoms with Crippen LogP contribution >= 0.6 is 0 Å². The topological polar surface area (TPSA) is 118 Å². The maximum Gasteiger partial charge on any atom is 0.273 e. The number of anilines is 1. The number of carbonyl (C=O) groups is 1. The van der Waals surface area contributed by atoms with E-state index in [0.717, 1.165) is 11.6 Å². The van der Waals surface area contributed by atoms with Crippen molar-refractivity contribution in [1.29, 1.82) is 0 Å². The molecule has 1 heterocycles. The average Bonchev–Trinajstić information content (AvgIpc) is 3.17. The van der Waals surface area contributed by atoms with Crippen molar-refractivity contribution in [1.82, 2.24) is 4.98 Å². The van der Waals surface area contributed by atoms with E-state index in [9.17, 15) is 20.0 Å². The summed E-state index contributed by atoms with van der Waals surface area (Å²) in [5.41, 5.74) is 2.00. The lowest BCUT2D eigenvalue weighted by Crippen LogP contribution is -2.12.